The molecule has 2 aromatic carbocycles. The topological polar surface area (TPSA) is 74.6 Å². The first-order chi connectivity index (χ1) is 16.5. The molecule has 2 N–H and O–H groups in total. The van der Waals surface area contributed by atoms with E-state index in [0.29, 0.717) is 18.7 Å². The molecule has 7 heteroatoms. The molecular formula is C27H25F2N3O2. The maximum Gasteiger partial charge on any atom is 0.252 e. The van der Waals surface area contributed by atoms with Gasteiger partial charge in [-0.05, 0) is 59.5 Å². The minimum atomic E-state index is -0.556. The zero-order chi connectivity index (χ0) is 24.1. The number of nitrogens with zero attached hydrogens (tertiary/aromatic N) is 2. The van der Waals surface area contributed by atoms with Gasteiger partial charge in [-0.3, -0.25) is 14.8 Å². The number of hydrogen-bond donors (Lipinski definition) is 2. The van der Waals surface area contributed by atoms with Gasteiger partial charge in [0, 0.05) is 36.5 Å². The molecule has 3 aromatic rings. The minimum Gasteiger partial charge on any atom is -0.396 e. The Balaban J connectivity index is 1.60. The van der Waals surface area contributed by atoms with E-state index in [-0.39, 0.29) is 29.5 Å². The summed E-state index contributed by atoms with van der Waals surface area (Å²) in [5.74, 6) is -1.59. The van der Waals surface area contributed by atoms with Crippen LogP contribution in [0.2, 0.25) is 0 Å². The number of aliphatic hydroxyl groups is 1. The van der Waals surface area contributed by atoms with Crippen LogP contribution in [0.5, 0.6) is 0 Å². The van der Waals surface area contributed by atoms with Gasteiger partial charge in [0.2, 0.25) is 0 Å². The van der Waals surface area contributed by atoms with Gasteiger partial charge in [-0.25, -0.2) is 8.78 Å². The van der Waals surface area contributed by atoms with Gasteiger partial charge in [0.15, 0.2) is 0 Å². The fourth-order valence-corrected chi connectivity index (χ4v) is 3.90. The van der Waals surface area contributed by atoms with Gasteiger partial charge < -0.3 is 10.4 Å². The molecule has 1 aliphatic heterocycles. The predicted molar refractivity (Wildman–Crippen MR) is 128 cm³/mol. The summed E-state index contributed by atoms with van der Waals surface area (Å²) in [6, 6.07) is 15.5. The Morgan fingerprint density at radius 2 is 1.88 bits per heavy atom. The Morgan fingerprint density at radius 3 is 2.59 bits per heavy atom. The van der Waals surface area contributed by atoms with Crippen LogP contribution < -0.4 is 5.32 Å². The summed E-state index contributed by atoms with van der Waals surface area (Å²) in [7, 11) is 0. The van der Waals surface area contributed by atoms with E-state index in [4.69, 9.17) is 0 Å². The second-order valence-corrected chi connectivity index (χ2v) is 8.31. The molecule has 1 amide bonds. The molecule has 2 heterocycles. The quantitative estimate of drug-likeness (QED) is 0.528. The minimum absolute atomic E-state index is 0.116. The first-order valence-corrected chi connectivity index (χ1v) is 11.1. The Morgan fingerprint density at radius 1 is 1.09 bits per heavy atom. The number of rotatable bonds is 8. The fourth-order valence-electron chi connectivity index (χ4n) is 3.90. The molecule has 4 rings (SSSR count). The second-order valence-electron chi connectivity index (χ2n) is 8.31. The molecule has 174 valence electrons. The van der Waals surface area contributed by atoms with Crippen molar-refractivity contribution in [2.45, 2.75) is 19.4 Å². The SMILES string of the molecule is CC(CO)[C@@H](Cc1ccccn1)NC(=O)c1cccc(F)c1C1=NCC(c2ccc(F)cc2)=C1. The van der Waals surface area contributed by atoms with Crippen molar-refractivity contribution in [3.63, 3.8) is 0 Å². The smallest absolute Gasteiger partial charge is 0.252 e. The van der Waals surface area contributed by atoms with E-state index in [0.717, 1.165) is 16.8 Å². The summed E-state index contributed by atoms with van der Waals surface area (Å²) in [6.45, 7) is 2.02. The number of aliphatic hydroxyl groups excluding tert-OH is 1. The summed E-state index contributed by atoms with van der Waals surface area (Å²) in [5.41, 5.74) is 3.01. The van der Waals surface area contributed by atoms with Gasteiger partial charge in [0.05, 0.1) is 17.8 Å². The molecule has 1 aromatic heterocycles. The fraction of sp³-hybridized carbons (Fsp3) is 0.222. The average Bonchev–Trinajstić information content (AvgIpc) is 3.33. The number of nitrogens with one attached hydrogen (secondary N) is 1. The van der Waals surface area contributed by atoms with Crippen molar-refractivity contribution in [3.05, 3.63) is 107 Å². The Kier molecular flexibility index (Phi) is 7.23. The van der Waals surface area contributed by atoms with Crippen LogP contribution in [0.25, 0.3) is 5.57 Å². The van der Waals surface area contributed by atoms with E-state index >= 15 is 0 Å². The van der Waals surface area contributed by atoms with Gasteiger partial charge in [0.25, 0.3) is 5.91 Å². The van der Waals surface area contributed by atoms with E-state index in [9.17, 15) is 18.7 Å². The number of pyridine rings is 1. The first kappa shape index (κ1) is 23.4. The Hall–Kier alpha value is -3.71. The zero-order valence-corrected chi connectivity index (χ0v) is 18.7. The molecule has 0 radical (unpaired) electrons. The van der Waals surface area contributed by atoms with Crippen molar-refractivity contribution in [1.82, 2.24) is 10.3 Å². The first-order valence-electron chi connectivity index (χ1n) is 11.1. The largest absolute Gasteiger partial charge is 0.396 e. The predicted octanol–water partition coefficient (Wildman–Crippen LogP) is 4.22. The third-order valence-corrected chi connectivity index (χ3v) is 5.91. The van der Waals surface area contributed by atoms with E-state index in [2.05, 4.69) is 15.3 Å². The highest BCUT2D eigenvalue weighted by Gasteiger charge is 2.25. The number of carbonyl (C=O) groups excluding carboxylic acids is 1. The summed E-state index contributed by atoms with van der Waals surface area (Å²) >= 11 is 0. The number of benzene rings is 2. The van der Waals surface area contributed by atoms with E-state index in [1.807, 2.05) is 25.1 Å². The van der Waals surface area contributed by atoms with Crippen molar-refractivity contribution in [3.8, 4) is 0 Å². The van der Waals surface area contributed by atoms with Crippen molar-refractivity contribution >= 4 is 17.2 Å². The highest BCUT2D eigenvalue weighted by molar-refractivity contribution is 6.19. The van der Waals surface area contributed by atoms with Gasteiger partial charge in [-0.1, -0.05) is 31.2 Å². The summed E-state index contributed by atoms with van der Waals surface area (Å²) in [4.78, 5) is 22.0. The van der Waals surface area contributed by atoms with Crippen molar-refractivity contribution in [2.24, 2.45) is 10.9 Å². The maximum atomic E-state index is 15.0. The van der Waals surface area contributed by atoms with Crippen LogP contribution in [0.4, 0.5) is 8.78 Å². The lowest BCUT2D eigenvalue weighted by Crippen LogP contribution is -2.42. The summed E-state index contributed by atoms with van der Waals surface area (Å²) in [5, 5.41) is 12.7. The van der Waals surface area contributed by atoms with Gasteiger partial charge >= 0.3 is 0 Å². The van der Waals surface area contributed by atoms with Crippen LogP contribution >= 0.6 is 0 Å². The van der Waals surface area contributed by atoms with Crippen LogP contribution in [-0.2, 0) is 6.42 Å². The van der Waals surface area contributed by atoms with E-state index in [1.165, 1.54) is 24.3 Å². The number of halogens is 2. The highest BCUT2D eigenvalue weighted by Crippen LogP contribution is 2.25. The molecule has 0 spiro atoms. The number of amides is 1. The maximum absolute atomic E-state index is 15.0. The second kappa shape index (κ2) is 10.5. The summed E-state index contributed by atoms with van der Waals surface area (Å²) in [6.07, 6.45) is 3.82. The van der Waals surface area contributed by atoms with Crippen LogP contribution in [0.3, 0.4) is 0 Å². The average molecular weight is 462 g/mol. The van der Waals surface area contributed by atoms with Crippen LogP contribution in [0.1, 0.15) is 34.1 Å². The molecule has 2 atom stereocenters. The molecule has 0 fully saturated rings. The third-order valence-electron chi connectivity index (χ3n) is 5.91. The summed E-state index contributed by atoms with van der Waals surface area (Å²) < 4.78 is 28.2. The lowest BCUT2D eigenvalue weighted by molar-refractivity contribution is 0.0908. The van der Waals surface area contributed by atoms with Gasteiger partial charge in [-0.2, -0.15) is 0 Å². The lowest BCUT2D eigenvalue weighted by atomic mass is 9.95. The molecule has 0 aliphatic carbocycles. The van der Waals surface area contributed by atoms with Crippen molar-refractivity contribution in [1.29, 1.82) is 0 Å². The van der Waals surface area contributed by atoms with Crippen molar-refractivity contribution < 1.29 is 18.7 Å². The molecular weight excluding hydrogens is 436 g/mol. The van der Waals surface area contributed by atoms with E-state index < -0.39 is 17.8 Å². The van der Waals surface area contributed by atoms with Crippen LogP contribution in [-0.4, -0.2) is 40.9 Å². The molecule has 1 aliphatic rings. The molecule has 0 saturated carbocycles. The number of aliphatic imine (C=N–C) groups is 1. The molecule has 1 unspecified atom stereocenters. The van der Waals surface area contributed by atoms with E-state index in [1.54, 1.807) is 30.5 Å². The molecule has 5 nitrogen and oxygen atoms in total. The normalized spacial score (nSPS) is 14.8. The standard InChI is InChI=1S/C27H25F2N3O2/c1-17(16-33)24(14-21-5-2-3-12-30-21)32-27(34)22-6-4-7-23(29)26(22)25-13-19(15-31-25)18-8-10-20(28)11-9-18/h2-13,17,24,33H,14-16H2,1H3,(H,32,34)/t17?,24-/m1/s1. The van der Waals surface area contributed by atoms with Gasteiger partial charge in [-0.15, -0.1) is 0 Å². The van der Waals surface area contributed by atoms with Gasteiger partial charge in [0.1, 0.15) is 11.6 Å². The van der Waals surface area contributed by atoms with Crippen LogP contribution in [0, 0.1) is 17.6 Å². The Bertz CT molecular complexity index is 1220. The number of carbonyl (C=O) groups is 1. The third kappa shape index (κ3) is 5.26. The zero-order valence-electron chi connectivity index (χ0n) is 18.7. The number of allylic oxidation sites excluding steroid dienone is 1. The molecule has 0 bridgehead atoms. The number of hydrogen-bond acceptors (Lipinski definition) is 4. The van der Waals surface area contributed by atoms with Crippen LogP contribution in [0.15, 0.2) is 77.9 Å². The molecule has 34 heavy (non-hydrogen) atoms. The molecule has 0 saturated heterocycles. The highest BCUT2D eigenvalue weighted by atomic mass is 19.1. The Labute approximate surface area is 196 Å². The number of aromatic nitrogens is 1. The lowest BCUT2D eigenvalue weighted by Gasteiger charge is -2.24. The monoisotopic (exact) mass is 461 g/mol. The van der Waals surface area contributed by atoms with Crippen molar-refractivity contribution in [2.75, 3.05) is 13.2 Å².